The summed E-state index contributed by atoms with van der Waals surface area (Å²) in [6.45, 7) is 6.54. The highest BCUT2D eigenvalue weighted by molar-refractivity contribution is 5.93. The molecule has 62 heavy (non-hydrogen) atoms. The van der Waals surface area contributed by atoms with Gasteiger partial charge in [0.1, 0.15) is 29.9 Å². The summed E-state index contributed by atoms with van der Waals surface area (Å²) in [5, 5.41) is 17.5. The number of aromatic nitrogens is 1. The lowest BCUT2D eigenvalue weighted by atomic mass is 9.88. The molecule has 3 amide bonds. The summed E-state index contributed by atoms with van der Waals surface area (Å²) < 4.78 is 23.4. The van der Waals surface area contributed by atoms with Gasteiger partial charge in [-0.25, -0.2) is 14.6 Å². The number of nitrogens with zero attached hydrogens (tertiary/aromatic N) is 2. The Bertz CT molecular complexity index is 2000. The van der Waals surface area contributed by atoms with Crippen molar-refractivity contribution >= 4 is 35.0 Å². The van der Waals surface area contributed by atoms with Crippen LogP contribution in [0, 0.1) is 11.8 Å². The molecule has 3 N–H and O–H groups in total. The van der Waals surface area contributed by atoms with E-state index in [0.717, 1.165) is 24.0 Å². The summed E-state index contributed by atoms with van der Waals surface area (Å²) in [5.41, 5.74) is 2.31. The number of amides is 3. The molecule has 2 heterocycles. The van der Waals surface area contributed by atoms with Crippen molar-refractivity contribution in [1.82, 2.24) is 20.5 Å². The van der Waals surface area contributed by atoms with Crippen LogP contribution in [-0.4, -0.2) is 82.4 Å². The van der Waals surface area contributed by atoms with Crippen LogP contribution in [0.25, 0.3) is 11.1 Å². The van der Waals surface area contributed by atoms with Crippen molar-refractivity contribution in [1.29, 1.82) is 0 Å². The number of oxazole rings is 1. The van der Waals surface area contributed by atoms with E-state index in [2.05, 4.69) is 15.6 Å². The van der Waals surface area contributed by atoms with Crippen LogP contribution < -0.4 is 10.6 Å². The lowest BCUT2D eigenvalue weighted by Gasteiger charge is -2.30. The number of Topliss-reactive ketones (excluding diaryl/α,β-unsaturated/α-hetero) is 1. The summed E-state index contributed by atoms with van der Waals surface area (Å²) in [6, 6.07) is 24.5. The van der Waals surface area contributed by atoms with E-state index in [-0.39, 0.29) is 49.7 Å². The van der Waals surface area contributed by atoms with Crippen molar-refractivity contribution < 1.29 is 42.9 Å². The van der Waals surface area contributed by atoms with Crippen molar-refractivity contribution in [3.63, 3.8) is 0 Å². The van der Waals surface area contributed by atoms with Crippen LogP contribution in [-0.2, 0) is 36.8 Å². The molecular weight excluding hydrogens is 789 g/mol. The maximum Gasteiger partial charge on any atom is 0.408 e. The highest BCUT2D eigenvalue weighted by Crippen LogP contribution is 2.34. The van der Waals surface area contributed by atoms with Gasteiger partial charge in [-0.1, -0.05) is 98.5 Å². The molecule has 1 unspecified atom stereocenters. The Hall–Kier alpha value is -5.27. The number of rotatable bonds is 20. The van der Waals surface area contributed by atoms with E-state index in [1.807, 2.05) is 72.8 Å². The molecule has 4 aromatic rings. The van der Waals surface area contributed by atoms with Crippen LogP contribution >= 0.6 is 0 Å². The number of ether oxygens (including phenoxy) is 3. The lowest BCUT2D eigenvalue weighted by Crippen LogP contribution is -2.52. The molecule has 1 saturated carbocycles. The normalized spacial score (nSPS) is 18.5. The fourth-order valence-electron chi connectivity index (χ4n) is 8.43. The molecule has 6 rings (SSSR count). The van der Waals surface area contributed by atoms with Crippen LogP contribution in [0.5, 0.6) is 0 Å². The van der Waals surface area contributed by atoms with E-state index < -0.39 is 41.9 Å². The fraction of sp³-hybridized carbons (Fsp3) is 0.531. The molecule has 1 aliphatic heterocycles. The monoisotopic (exact) mass is 852 g/mol. The maximum absolute atomic E-state index is 14.8. The molecule has 5 atom stereocenters. The molecule has 1 saturated heterocycles. The second-order valence-electron chi connectivity index (χ2n) is 17.8. The van der Waals surface area contributed by atoms with Gasteiger partial charge in [-0.15, -0.1) is 0 Å². The van der Waals surface area contributed by atoms with Gasteiger partial charge in [0.2, 0.25) is 11.8 Å². The van der Waals surface area contributed by atoms with Gasteiger partial charge in [0.05, 0.1) is 12.1 Å². The zero-order valence-corrected chi connectivity index (χ0v) is 36.5. The number of para-hydroxylation sites is 2. The molecule has 0 radical (unpaired) electrons. The Morgan fingerprint density at radius 2 is 1.56 bits per heavy atom. The molecule has 1 aliphatic carbocycles. The molecule has 334 valence electrons. The van der Waals surface area contributed by atoms with E-state index in [4.69, 9.17) is 18.6 Å². The predicted octanol–water partition coefficient (Wildman–Crippen LogP) is 8.63. The molecule has 2 fully saturated rings. The Morgan fingerprint density at radius 1 is 0.871 bits per heavy atom. The van der Waals surface area contributed by atoms with Gasteiger partial charge >= 0.3 is 12.2 Å². The number of nitrogens with one attached hydrogen (secondary N) is 2. The number of unbranched alkanes of at least 4 members (excludes halogenated alkanes) is 1. The van der Waals surface area contributed by atoms with Crippen LogP contribution in [0.2, 0.25) is 0 Å². The summed E-state index contributed by atoms with van der Waals surface area (Å²) in [5.74, 6) is -0.672. The highest BCUT2D eigenvalue weighted by atomic mass is 16.6. The van der Waals surface area contributed by atoms with E-state index in [1.165, 1.54) is 19.3 Å². The summed E-state index contributed by atoms with van der Waals surface area (Å²) >= 11 is 0. The van der Waals surface area contributed by atoms with Gasteiger partial charge in [0.15, 0.2) is 11.4 Å². The number of fused-ring (bicyclic) bond motifs is 1. The van der Waals surface area contributed by atoms with Gasteiger partial charge in [-0.05, 0) is 88.5 Å². The van der Waals surface area contributed by atoms with Gasteiger partial charge < -0.3 is 39.3 Å². The molecule has 0 spiro atoms. The standard InChI is InChI=1S/C49H64N4O9/c1-49(2,3)62-47(57)50-28-16-15-23-37(44(55)45-51-39-24-13-14-25-43(39)61-45)29-42(54)41-30-38(59-32-35-19-9-5-10-20-35)31-53(41)46(56)40(27-26-34-17-7-4-8-18-34)52-48(58)60-33-36-21-11-6-12-22-36/h4,6-8,11-14,17-18,21-22,24-25,35,37-38,40-41,44,55H,5,9-10,15-16,19-20,23,26-33H2,1-3H3,(H,50,57)(H,52,58)/t37-,38-,40-,41+,44?/m1/s1. The van der Waals surface area contributed by atoms with E-state index in [9.17, 15) is 24.3 Å². The molecule has 3 aromatic carbocycles. The van der Waals surface area contributed by atoms with Gasteiger partial charge in [-0.3, -0.25) is 9.59 Å². The van der Waals surface area contributed by atoms with Gasteiger partial charge in [0, 0.05) is 38.5 Å². The third kappa shape index (κ3) is 14.1. The lowest BCUT2D eigenvalue weighted by molar-refractivity contribution is -0.140. The average molecular weight is 853 g/mol. The van der Waals surface area contributed by atoms with Crippen LogP contribution in [0.4, 0.5) is 9.59 Å². The molecule has 0 bridgehead atoms. The number of likely N-dealkylation sites (tertiary alicyclic amines) is 1. The zero-order chi connectivity index (χ0) is 43.9. The van der Waals surface area contributed by atoms with E-state index in [0.29, 0.717) is 62.3 Å². The van der Waals surface area contributed by atoms with E-state index in [1.54, 1.807) is 37.8 Å². The Balaban J connectivity index is 1.20. The van der Waals surface area contributed by atoms with Gasteiger partial charge in [-0.2, -0.15) is 0 Å². The number of aliphatic hydroxyl groups is 1. The Kier molecular flexibility index (Phi) is 16.9. The number of hydrogen-bond acceptors (Lipinski definition) is 10. The summed E-state index contributed by atoms with van der Waals surface area (Å²) in [4.78, 5) is 61.2. The second-order valence-corrected chi connectivity index (χ2v) is 17.8. The van der Waals surface area contributed by atoms with Crippen molar-refractivity contribution in [3.05, 3.63) is 102 Å². The number of carbonyl (C=O) groups is 4. The first kappa shape index (κ1) is 46.2. The summed E-state index contributed by atoms with van der Waals surface area (Å²) in [6.07, 6.45) is 5.49. The molecule has 1 aromatic heterocycles. The average Bonchev–Trinajstić information content (AvgIpc) is 3.91. The van der Waals surface area contributed by atoms with Crippen molar-refractivity contribution in [2.75, 3.05) is 19.7 Å². The SMILES string of the molecule is CC(C)(C)OC(=O)NCCCC[C@H](CC(=O)[C@@H]1C[C@@H](OCC2CCCCC2)CN1C(=O)[C@@H](CCc1ccccc1)NC(=O)OCc1ccccc1)C(O)c1nc2ccccc2o1. The zero-order valence-electron chi connectivity index (χ0n) is 36.5. The first-order chi connectivity index (χ1) is 29.9. The minimum Gasteiger partial charge on any atom is -0.445 e. The number of alkyl carbamates (subject to hydrolysis) is 2. The Labute approximate surface area is 365 Å². The molecule has 2 aliphatic rings. The minimum absolute atomic E-state index is 0.0367. The van der Waals surface area contributed by atoms with Crippen LogP contribution in [0.15, 0.2) is 89.3 Å². The van der Waals surface area contributed by atoms with Gasteiger partial charge in [0.25, 0.3) is 0 Å². The van der Waals surface area contributed by atoms with Crippen molar-refractivity contribution in [2.24, 2.45) is 11.8 Å². The number of hydrogen-bond donors (Lipinski definition) is 3. The molecule has 13 nitrogen and oxygen atoms in total. The quantitative estimate of drug-likeness (QED) is 0.0732. The topological polar surface area (TPSA) is 170 Å². The van der Waals surface area contributed by atoms with E-state index >= 15 is 0 Å². The number of aliphatic hydroxyl groups excluding tert-OH is 1. The summed E-state index contributed by atoms with van der Waals surface area (Å²) in [7, 11) is 0. The number of ketones is 1. The fourth-order valence-corrected chi connectivity index (χ4v) is 8.43. The predicted molar refractivity (Wildman–Crippen MR) is 235 cm³/mol. The number of carbonyl (C=O) groups excluding carboxylic acids is 4. The Morgan fingerprint density at radius 3 is 2.27 bits per heavy atom. The molecular formula is C49H64N4O9. The van der Waals surface area contributed by atoms with Crippen LogP contribution in [0.1, 0.15) is 115 Å². The smallest absolute Gasteiger partial charge is 0.408 e. The third-order valence-corrected chi connectivity index (χ3v) is 11.7. The maximum atomic E-state index is 14.8. The highest BCUT2D eigenvalue weighted by Gasteiger charge is 2.44. The number of aryl methyl sites for hydroxylation is 1. The van der Waals surface area contributed by atoms with Crippen LogP contribution in [0.3, 0.4) is 0 Å². The van der Waals surface area contributed by atoms with Crippen molar-refractivity contribution in [3.8, 4) is 0 Å². The minimum atomic E-state index is -1.21. The largest absolute Gasteiger partial charge is 0.445 e. The first-order valence-electron chi connectivity index (χ1n) is 22.4. The second kappa shape index (κ2) is 22.7. The van der Waals surface area contributed by atoms with Crippen molar-refractivity contribution in [2.45, 2.75) is 134 Å². The third-order valence-electron chi connectivity index (χ3n) is 11.7. The number of benzene rings is 3. The first-order valence-corrected chi connectivity index (χ1v) is 22.4. The molecule has 13 heteroatoms.